The lowest BCUT2D eigenvalue weighted by Gasteiger charge is -2.29. The number of benzene rings is 2. The Kier molecular flexibility index (Phi) is 6.41. The van der Waals surface area contributed by atoms with Crippen LogP contribution in [-0.4, -0.2) is 52.1 Å². The molecular weight excluding hydrogens is 538 g/mol. The molecule has 14 heteroatoms. The Morgan fingerprint density at radius 3 is 2.55 bits per heavy atom. The number of hydrogen-bond acceptors (Lipinski definition) is 8. The molecule has 2 heterocycles. The van der Waals surface area contributed by atoms with Crippen LogP contribution in [0.1, 0.15) is 23.3 Å². The highest BCUT2D eigenvalue weighted by molar-refractivity contribution is 8.05. The van der Waals surface area contributed by atoms with E-state index in [2.05, 4.69) is 0 Å². The molecule has 1 aliphatic carbocycles. The van der Waals surface area contributed by atoms with E-state index < -0.39 is 38.7 Å². The summed E-state index contributed by atoms with van der Waals surface area (Å²) in [5, 5.41) is 9.57. The molecule has 5 rings (SSSR count). The number of esters is 1. The SMILES string of the molecule is COc1ccc2c(c1)OC(=O)CN2S(=O)(=O)NS(=O)(=O)c1cccc(-c2ccc(C(=O)O)n2CC2CC2)c1. The van der Waals surface area contributed by atoms with E-state index in [0.29, 0.717) is 33.8 Å². The maximum atomic E-state index is 13.2. The molecule has 0 spiro atoms. The van der Waals surface area contributed by atoms with Gasteiger partial charge in [0.15, 0.2) is 5.75 Å². The second-order valence-electron chi connectivity index (χ2n) is 8.90. The standard InChI is InChI=1S/C24H23N3O9S2/c1-35-17-7-8-20-22(12-17)36-23(28)14-27(20)38(33,34)25-37(31,32)18-4-2-3-16(11-18)19-9-10-21(24(29)30)26(19)13-15-5-6-15/h2-4,7-12,15,25H,5-6,13-14H2,1H3,(H,29,30). The summed E-state index contributed by atoms with van der Waals surface area (Å²) in [5.74, 6) is -1.45. The van der Waals surface area contributed by atoms with Crippen LogP contribution in [0.3, 0.4) is 0 Å². The lowest BCUT2D eigenvalue weighted by molar-refractivity contribution is -0.133. The molecule has 2 aliphatic rings. The third kappa shape index (κ3) is 4.97. The van der Waals surface area contributed by atoms with Crippen LogP contribution in [0, 0.1) is 5.92 Å². The van der Waals surface area contributed by atoms with Crippen LogP contribution in [0.5, 0.6) is 11.5 Å². The fraction of sp³-hybridized carbons (Fsp3) is 0.250. The molecule has 0 radical (unpaired) electrons. The zero-order valence-electron chi connectivity index (χ0n) is 20.0. The third-order valence-electron chi connectivity index (χ3n) is 6.21. The van der Waals surface area contributed by atoms with Crippen molar-refractivity contribution in [3.8, 4) is 22.8 Å². The van der Waals surface area contributed by atoms with Crippen LogP contribution >= 0.6 is 0 Å². The summed E-state index contributed by atoms with van der Waals surface area (Å²) in [7, 11) is -8.05. The normalized spacial score (nSPS) is 15.6. The van der Waals surface area contributed by atoms with Crippen molar-refractivity contribution in [1.82, 2.24) is 8.69 Å². The van der Waals surface area contributed by atoms with E-state index in [1.54, 1.807) is 20.8 Å². The van der Waals surface area contributed by atoms with Gasteiger partial charge in [0.05, 0.1) is 17.7 Å². The highest BCUT2D eigenvalue weighted by atomic mass is 32.3. The summed E-state index contributed by atoms with van der Waals surface area (Å²) < 4.78 is 66.8. The predicted octanol–water partition coefficient (Wildman–Crippen LogP) is 2.22. The van der Waals surface area contributed by atoms with Crippen molar-refractivity contribution in [2.75, 3.05) is 18.0 Å². The second kappa shape index (κ2) is 9.45. The van der Waals surface area contributed by atoms with Crippen LogP contribution in [-0.2, 0) is 31.6 Å². The lowest BCUT2D eigenvalue weighted by Crippen LogP contribution is -2.48. The second-order valence-corrected chi connectivity index (χ2v) is 12.4. The summed E-state index contributed by atoms with van der Waals surface area (Å²) in [4.78, 5) is 23.4. The summed E-state index contributed by atoms with van der Waals surface area (Å²) in [6.07, 6.45) is 1.96. The fourth-order valence-electron chi connectivity index (χ4n) is 4.20. The van der Waals surface area contributed by atoms with Crippen molar-refractivity contribution in [2.45, 2.75) is 24.3 Å². The van der Waals surface area contributed by atoms with Gasteiger partial charge in [-0.3, -0.25) is 0 Å². The van der Waals surface area contributed by atoms with E-state index in [1.807, 2.05) is 0 Å². The van der Waals surface area contributed by atoms with E-state index >= 15 is 0 Å². The molecule has 1 fully saturated rings. The van der Waals surface area contributed by atoms with Crippen molar-refractivity contribution in [3.05, 3.63) is 60.3 Å². The molecule has 200 valence electrons. The molecule has 12 nitrogen and oxygen atoms in total. The Hall–Kier alpha value is -3.88. The number of aromatic carboxylic acids is 1. The van der Waals surface area contributed by atoms with Crippen LogP contribution in [0.4, 0.5) is 5.69 Å². The number of ether oxygens (including phenoxy) is 2. The van der Waals surface area contributed by atoms with Gasteiger partial charge in [-0.05, 0) is 60.7 Å². The molecule has 3 aromatic rings. The van der Waals surface area contributed by atoms with Crippen molar-refractivity contribution in [2.24, 2.45) is 5.92 Å². The third-order valence-corrected chi connectivity index (χ3v) is 9.72. The minimum atomic E-state index is -4.78. The monoisotopic (exact) mass is 561 g/mol. The van der Waals surface area contributed by atoms with Crippen LogP contribution in [0.2, 0.25) is 0 Å². The average Bonchev–Trinajstić information content (AvgIpc) is 3.58. The Balaban J connectivity index is 1.47. The fourth-order valence-corrected chi connectivity index (χ4v) is 7.28. The highest BCUT2D eigenvalue weighted by Crippen LogP contribution is 2.37. The van der Waals surface area contributed by atoms with Crippen molar-refractivity contribution in [3.63, 3.8) is 0 Å². The van der Waals surface area contributed by atoms with Crippen LogP contribution in [0.15, 0.2) is 59.5 Å². The summed E-state index contributed by atoms with van der Waals surface area (Å²) in [5.41, 5.74) is 0.933. The van der Waals surface area contributed by atoms with Gasteiger partial charge in [0.2, 0.25) is 0 Å². The maximum absolute atomic E-state index is 13.2. The minimum absolute atomic E-state index is 0.0408. The van der Waals surface area contributed by atoms with Gasteiger partial charge in [-0.25, -0.2) is 22.3 Å². The maximum Gasteiger partial charge on any atom is 0.352 e. The zero-order chi connectivity index (χ0) is 27.2. The number of nitrogens with one attached hydrogen (secondary N) is 1. The predicted molar refractivity (Wildman–Crippen MR) is 135 cm³/mol. The molecule has 1 aromatic heterocycles. The average molecular weight is 562 g/mol. The first-order valence-corrected chi connectivity index (χ1v) is 14.4. The molecule has 2 N–H and O–H groups in total. The number of fused-ring (bicyclic) bond motifs is 1. The smallest absolute Gasteiger partial charge is 0.352 e. The molecule has 2 aromatic carbocycles. The number of nitrogens with zero attached hydrogens (tertiary/aromatic N) is 2. The lowest BCUT2D eigenvalue weighted by atomic mass is 10.1. The van der Waals surface area contributed by atoms with E-state index in [0.717, 1.165) is 12.8 Å². The van der Waals surface area contributed by atoms with E-state index in [4.69, 9.17) is 9.47 Å². The first-order chi connectivity index (χ1) is 18.0. The minimum Gasteiger partial charge on any atom is -0.497 e. The molecule has 0 atom stereocenters. The van der Waals surface area contributed by atoms with Gasteiger partial charge in [0, 0.05) is 18.3 Å². The van der Waals surface area contributed by atoms with Gasteiger partial charge >= 0.3 is 22.1 Å². The van der Waals surface area contributed by atoms with Crippen LogP contribution < -0.4 is 17.9 Å². The Bertz CT molecular complexity index is 1660. The summed E-state index contributed by atoms with van der Waals surface area (Å²) in [6.45, 7) is -0.264. The highest BCUT2D eigenvalue weighted by Gasteiger charge is 2.36. The number of anilines is 1. The number of aromatic nitrogens is 1. The molecular formula is C24H23N3O9S2. The largest absolute Gasteiger partial charge is 0.497 e. The number of methoxy groups -OCH3 is 1. The Morgan fingerprint density at radius 1 is 1.11 bits per heavy atom. The number of rotatable bonds is 9. The van der Waals surface area contributed by atoms with E-state index in [1.165, 1.54) is 49.6 Å². The van der Waals surface area contributed by atoms with E-state index in [-0.39, 0.29) is 22.0 Å². The number of sulfonamides is 1. The number of hydrogen-bond donors (Lipinski definition) is 2. The Morgan fingerprint density at radius 2 is 1.87 bits per heavy atom. The summed E-state index contributed by atoms with van der Waals surface area (Å²) >= 11 is 0. The van der Waals surface area contributed by atoms with Gasteiger partial charge in [-0.2, -0.15) is 8.42 Å². The quantitative estimate of drug-likeness (QED) is 0.295. The van der Waals surface area contributed by atoms with Crippen molar-refractivity contribution in [1.29, 1.82) is 0 Å². The summed E-state index contributed by atoms with van der Waals surface area (Å²) in [6, 6.07) is 12.7. The van der Waals surface area contributed by atoms with Crippen molar-refractivity contribution >= 4 is 37.9 Å². The van der Waals surface area contributed by atoms with Gasteiger partial charge in [-0.15, -0.1) is 0 Å². The van der Waals surface area contributed by atoms with Gasteiger partial charge < -0.3 is 19.1 Å². The van der Waals surface area contributed by atoms with Gasteiger partial charge in [-0.1, -0.05) is 16.3 Å². The molecule has 0 amide bonds. The number of carboxylic acid groups (broad SMARTS) is 1. The van der Waals surface area contributed by atoms with Gasteiger partial charge in [0.25, 0.3) is 10.0 Å². The topological polar surface area (TPSA) is 161 Å². The van der Waals surface area contributed by atoms with Crippen molar-refractivity contribution < 1.29 is 41.0 Å². The number of carboxylic acids is 1. The first kappa shape index (κ1) is 25.8. The first-order valence-electron chi connectivity index (χ1n) is 11.5. The molecule has 1 saturated carbocycles. The molecule has 0 bridgehead atoms. The van der Waals surface area contributed by atoms with Gasteiger partial charge in [0.1, 0.15) is 18.0 Å². The van der Waals surface area contributed by atoms with E-state index in [9.17, 15) is 31.5 Å². The molecule has 0 saturated heterocycles. The molecule has 1 aliphatic heterocycles. The van der Waals surface area contributed by atoms with Crippen LogP contribution in [0.25, 0.3) is 11.3 Å². The molecule has 38 heavy (non-hydrogen) atoms. The molecule has 0 unspecified atom stereocenters. The zero-order valence-corrected chi connectivity index (χ0v) is 21.7. The number of carbonyl (C=O) groups excluding carboxylic acids is 1. The number of carbonyl (C=O) groups is 2. The Labute approximate surface area is 218 Å².